The maximum atomic E-state index is 10.2. The Hall–Kier alpha value is -1.34. The summed E-state index contributed by atoms with van der Waals surface area (Å²) in [5.74, 6) is 1.41. The van der Waals surface area contributed by atoms with Crippen molar-refractivity contribution in [1.29, 1.82) is 0 Å². The molecule has 6 heteroatoms. The van der Waals surface area contributed by atoms with Gasteiger partial charge in [0, 0.05) is 26.2 Å². The molecule has 0 spiro atoms. The van der Waals surface area contributed by atoms with Gasteiger partial charge in [0.15, 0.2) is 11.5 Å². The molecule has 2 fully saturated rings. The monoisotopic (exact) mass is 336 g/mol. The number of β-amino-alcohol motifs (C(OH)–C–C–N with tert-alkyl or cyclic N) is 1. The zero-order valence-corrected chi connectivity index (χ0v) is 14.4. The number of aliphatic hydroxyl groups is 1. The summed E-state index contributed by atoms with van der Waals surface area (Å²) in [5, 5.41) is 10.2. The quantitative estimate of drug-likeness (QED) is 0.764. The Labute approximate surface area is 143 Å². The smallest absolute Gasteiger partial charge is 0.161 e. The van der Waals surface area contributed by atoms with E-state index >= 15 is 0 Å². The predicted molar refractivity (Wildman–Crippen MR) is 91.6 cm³/mol. The predicted octanol–water partition coefficient (Wildman–Crippen LogP) is 0.973. The van der Waals surface area contributed by atoms with Crippen LogP contribution in [0, 0.1) is 0 Å². The van der Waals surface area contributed by atoms with Crippen LogP contribution in [-0.2, 0) is 11.3 Å². The number of hydrogen-bond acceptors (Lipinski definition) is 6. The summed E-state index contributed by atoms with van der Waals surface area (Å²) in [6.45, 7) is 7.38. The number of benzene rings is 1. The van der Waals surface area contributed by atoms with Crippen LogP contribution in [0.1, 0.15) is 12.0 Å². The number of aliphatic hydroxyl groups excluding tert-OH is 1. The van der Waals surface area contributed by atoms with E-state index in [1.54, 1.807) is 7.11 Å². The summed E-state index contributed by atoms with van der Waals surface area (Å²) in [5.41, 5.74) is 1.23. The van der Waals surface area contributed by atoms with E-state index in [2.05, 4.69) is 15.9 Å². The maximum absolute atomic E-state index is 10.2. The van der Waals surface area contributed by atoms with Crippen LogP contribution < -0.4 is 9.47 Å². The number of rotatable bonds is 8. The molecule has 1 aromatic rings. The van der Waals surface area contributed by atoms with Crippen LogP contribution in [0.3, 0.4) is 0 Å². The van der Waals surface area contributed by atoms with E-state index in [4.69, 9.17) is 14.2 Å². The largest absolute Gasteiger partial charge is 0.493 e. The second-order valence-corrected chi connectivity index (χ2v) is 6.49. The SMILES string of the molecule is COc1cc(CN2CCC2)ccc1OCC(O)CN1CCOCC1. The summed E-state index contributed by atoms with van der Waals surface area (Å²) in [6, 6.07) is 6.04. The zero-order chi connectivity index (χ0) is 16.8. The van der Waals surface area contributed by atoms with E-state index in [1.165, 1.54) is 25.1 Å². The molecule has 24 heavy (non-hydrogen) atoms. The van der Waals surface area contributed by atoms with Crippen LogP contribution in [0.4, 0.5) is 0 Å². The van der Waals surface area contributed by atoms with E-state index in [1.807, 2.05) is 12.1 Å². The minimum Gasteiger partial charge on any atom is -0.493 e. The van der Waals surface area contributed by atoms with Crippen molar-refractivity contribution in [2.45, 2.75) is 19.1 Å². The summed E-state index contributed by atoms with van der Waals surface area (Å²) in [4.78, 5) is 4.60. The number of methoxy groups -OCH3 is 1. The number of likely N-dealkylation sites (tertiary alicyclic amines) is 1. The molecule has 0 aliphatic carbocycles. The van der Waals surface area contributed by atoms with Gasteiger partial charge in [0.1, 0.15) is 12.7 Å². The lowest BCUT2D eigenvalue weighted by Crippen LogP contribution is -2.42. The molecule has 0 radical (unpaired) electrons. The van der Waals surface area contributed by atoms with Gasteiger partial charge in [-0.2, -0.15) is 0 Å². The van der Waals surface area contributed by atoms with Crippen molar-refractivity contribution in [2.75, 3.05) is 59.7 Å². The average Bonchev–Trinajstić information content (AvgIpc) is 2.57. The van der Waals surface area contributed by atoms with Gasteiger partial charge in [0.05, 0.1) is 20.3 Å². The highest BCUT2D eigenvalue weighted by Crippen LogP contribution is 2.29. The van der Waals surface area contributed by atoms with Gasteiger partial charge in [-0.15, -0.1) is 0 Å². The molecular weight excluding hydrogens is 308 g/mol. The third kappa shape index (κ3) is 4.83. The lowest BCUT2D eigenvalue weighted by atomic mass is 10.1. The molecule has 0 saturated carbocycles. The Morgan fingerprint density at radius 2 is 1.92 bits per heavy atom. The van der Waals surface area contributed by atoms with Crippen molar-refractivity contribution in [3.05, 3.63) is 23.8 Å². The highest BCUT2D eigenvalue weighted by atomic mass is 16.5. The van der Waals surface area contributed by atoms with Gasteiger partial charge in [0.25, 0.3) is 0 Å². The van der Waals surface area contributed by atoms with Crippen molar-refractivity contribution in [3.63, 3.8) is 0 Å². The molecule has 0 amide bonds. The van der Waals surface area contributed by atoms with Gasteiger partial charge in [-0.25, -0.2) is 0 Å². The fourth-order valence-corrected chi connectivity index (χ4v) is 3.05. The number of hydrogen-bond donors (Lipinski definition) is 1. The van der Waals surface area contributed by atoms with Gasteiger partial charge in [-0.3, -0.25) is 9.80 Å². The molecule has 1 atom stereocenters. The summed E-state index contributed by atoms with van der Waals surface area (Å²) >= 11 is 0. The Bertz CT molecular complexity index is 516. The Morgan fingerprint density at radius 1 is 1.12 bits per heavy atom. The van der Waals surface area contributed by atoms with Gasteiger partial charge in [0.2, 0.25) is 0 Å². The highest BCUT2D eigenvalue weighted by Gasteiger charge is 2.17. The first-order valence-electron chi connectivity index (χ1n) is 8.75. The minimum absolute atomic E-state index is 0.263. The lowest BCUT2D eigenvalue weighted by Gasteiger charge is -2.30. The first-order chi connectivity index (χ1) is 11.7. The molecular formula is C18H28N2O4. The number of ether oxygens (including phenoxy) is 3. The Kier molecular flexibility index (Phi) is 6.31. The van der Waals surface area contributed by atoms with Crippen LogP contribution in [0.15, 0.2) is 18.2 Å². The summed E-state index contributed by atoms with van der Waals surface area (Å²) in [7, 11) is 1.65. The van der Waals surface area contributed by atoms with Crippen LogP contribution in [-0.4, -0.2) is 80.7 Å². The van der Waals surface area contributed by atoms with Gasteiger partial charge < -0.3 is 19.3 Å². The maximum Gasteiger partial charge on any atom is 0.161 e. The lowest BCUT2D eigenvalue weighted by molar-refractivity contribution is 0.00445. The van der Waals surface area contributed by atoms with Crippen LogP contribution >= 0.6 is 0 Å². The van der Waals surface area contributed by atoms with Crippen LogP contribution in [0.25, 0.3) is 0 Å². The molecule has 1 N–H and O–H groups in total. The minimum atomic E-state index is -0.520. The normalized spacial score (nSPS) is 20.4. The van der Waals surface area contributed by atoms with Crippen molar-refractivity contribution < 1.29 is 19.3 Å². The standard InChI is InChI=1S/C18H28N2O4/c1-22-18-11-15(12-19-5-2-6-19)3-4-17(18)24-14-16(21)13-20-7-9-23-10-8-20/h3-4,11,16,21H,2,5-10,12-14H2,1H3. The third-order valence-electron chi connectivity index (χ3n) is 4.59. The number of morpholine rings is 1. The van der Waals surface area contributed by atoms with Crippen LogP contribution in [0.2, 0.25) is 0 Å². The fourth-order valence-electron chi connectivity index (χ4n) is 3.05. The first-order valence-corrected chi connectivity index (χ1v) is 8.75. The van der Waals surface area contributed by atoms with E-state index < -0.39 is 6.10 Å². The molecule has 0 bridgehead atoms. The van der Waals surface area contributed by atoms with E-state index in [9.17, 15) is 5.11 Å². The van der Waals surface area contributed by atoms with Crippen molar-refractivity contribution in [2.24, 2.45) is 0 Å². The second-order valence-electron chi connectivity index (χ2n) is 6.49. The summed E-state index contributed by atoms with van der Waals surface area (Å²) in [6.07, 6.45) is 0.771. The second kappa shape index (κ2) is 8.67. The zero-order valence-electron chi connectivity index (χ0n) is 14.4. The molecule has 2 heterocycles. The fraction of sp³-hybridized carbons (Fsp3) is 0.667. The third-order valence-corrected chi connectivity index (χ3v) is 4.59. The molecule has 3 rings (SSSR count). The van der Waals surface area contributed by atoms with Crippen LogP contribution in [0.5, 0.6) is 11.5 Å². The molecule has 0 aromatic heterocycles. The topological polar surface area (TPSA) is 54.4 Å². The molecule has 2 aliphatic heterocycles. The first kappa shape index (κ1) is 17.5. The van der Waals surface area contributed by atoms with Crippen molar-refractivity contribution in [1.82, 2.24) is 9.80 Å². The molecule has 1 aromatic carbocycles. The van der Waals surface area contributed by atoms with Gasteiger partial charge >= 0.3 is 0 Å². The van der Waals surface area contributed by atoms with Crippen molar-refractivity contribution >= 4 is 0 Å². The average molecular weight is 336 g/mol. The summed E-state index contributed by atoms with van der Waals surface area (Å²) < 4.78 is 16.6. The van der Waals surface area contributed by atoms with E-state index in [0.29, 0.717) is 12.3 Å². The molecule has 1 unspecified atom stereocenters. The molecule has 2 aliphatic rings. The Balaban J connectivity index is 1.49. The van der Waals surface area contributed by atoms with Crippen molar-refractivity contribution in [3.8, 4) is 11.5 Å². The Morgan fingerprint density at radius 3 is 2.58 bits per heavy atom. The molecule has 134 valence electrons. The van der Waals surface area contributed by atoms with E-state index in [0.717, 1.165) is 38.6 Å². The highest BCUT2D eigenvalue weighted by molar-refractivity contribution is 5.43. The molecule has 2 saturated heterocycles. The van der Waals surface area contributed by atoms with Gasteiger partial charge in [-0.05, 0) is 37.2 Å². The molecule has 6 nitrogen and oxygen atoms in total. The van der Waals surface area contributed by atoms with E-state index in [-0.39, 0.29) is 6.61 Å². The van der Waals surface area contributed by atoms with Gasteiger partial charge in [-0.1, -0.05) is 6.07 Å². The number of nitrogens with zero attached hydrogens (tertiary/aromatic N) is 2.